The number of benzene rings is 1. The summed E-state index contributed by atoms with van der Waals surface area (Å²) in [4.78, 5) is 37.3. The third kappa shape index (κ3) is 6.21. The maximum atomic E-state index is 12.9. The number of unbranched alkanes of at least 4 members (excludes halogenated alkanes) is 11. The average Bonchev–Trinajstić information content (AvgIpc) is 3.30. The molecule has 0 aliphatic carbocycles. The lowest BCUT2D eigenvalue weighted by atomic mass is 10.0. The first-order valence-corrected chi connectivity index (χ1v) is 12.9. The zero-order valence-electron chi connectivity index (χ0n) is 20.2. The number of nitro groups is 1. The molecule has 2 heterocycles. The highest BCUT2D eigenvalue weighted by molar-refractivity contribution is 6.23. The fourth-order valence-corrected chi connectivity index (χ4v) is 5.07. The van der Waals surface area contributed by atoms with Crippen LogP contribution in [0, 0.1) is 10.1 Å². The number of nitrogens with zero attached hydrogens (tertiary/aromatic N) is 2. The number of hydrogen-bond donors (Lipinski definition) is 1. The average molecular weight is 475 g/mol. The van der Waals surface area contributed by atoms with Gasteiger partial charge in [0.1, 0.15) is 11.7 Å². The first-order chi connectivity index (χ1) is 16.5. The van der Waals surface area contributed by atoms with Gasteiger partial charge in [-0.25, -0.2) is 0 Å². The molecule has 0 aromatic heterocycles. The van der Waals surface area contributed by atoms with Gasteiger partial charge in [-0.3, -0.25) is 24.6 Å². The lowest BCUT2D eigenvalue weighted by Gasteiger charge is -2.24. The zero-order chi connectivity index (χ0) is 24.5. The van der Waals surface area contributed by atoms with Crippen molar-refractivity contribution in [2.75, 3.05) is 6.61 Å². The molecule has 3 atom stereocenters. The number of rotatable bonds is 15. The van der Waals surface area contributed by atoms with E-state index >= 15 is 0 Å². The highest BCUT2D eigenvalue weighted by atomic mass is 16.6. The molecule has 0 radical (unpaired) electrons. The number of imide groups is 1. The van der Waals surface area contributed by atoms with Gasteiger partial charge >= 0.3 is 0 Å². The van der Waals surface area contributed by atoms with Crippen molar-refractivity contribution in [3.63, 3.8) is 0 Å². The predicted molar refractivity (Wildman–Crippen MR) is 129 cm³/mol. The van der Waals surface area contributed by atoms with Gasteiger partial charge in [-0.1, -0.05) is 90.0 Å². The number of carbonyl (C=O) groups excluding carboxylic acids is 2. The summed E-state index contributed by atoms with van der Waals surface area (Å²) in [6, 6.07) is 3.19. The van der Waals surface area contributed by atoms with E-state index in [9.17, 15) is 24.8 Å². The van der Waals surface area contributed by atoms with Crippen molar-refractivity contribution in [2.45, 2.75) is 109 Å². The van der Waals surface area contributed by atoms with E-state index in [-0.39, 0.29) is 23.4 Å². The Labute approximate surface area is 201 Å². The summed E-state index contributed by atoms with van der Waals surface area (Å²) in [6.45, 7) is 2.28. The van der Waals surface area contributed by atoms with Crippen molar-refractivity contribution in [1.82, 2.24) is 4.90 Å². The van der Waals surface area contributed by atoms with Gasteiger partial charge in [-0.2, -0.15) is 0 Å². The first-order valence-electron chi connectivity index (χ1n) is 12.9. The van der Waals surface area contributed by atoms with Crippen LogP contribution >= 0.6 is 0 Å². The molecule has 2 aliphatic rings. The number of aliphatic hydroxyl groups excluding tert-OH is 1. The Morgan fingerprint density at radius 3 is 2.15 bits per heavy atom. The molecule has 1 N–H and O–H groups in total. The molecule has 1 saturated heterocycles. The van der Waals surface area contributed by atoms with Crippen molar-refractivity contribution in [1.29, 1.82) is 0 Å². The van der Waals surface area contributed by atoms with Crippen molar-refractivity contribution in [2.24, 2.45) is 0 Å². The summed E-state index contributed by atoms with van der Waals surface area (Å²) in [7, 11) is 0. The minimum absolute atomic E-state index is 0.0100. The van der Waals surface area contributed by atoms with E-state index < -0.39 is 35.0 Å². The summed E-state index contributed by atoms with van der Waals surface area (Å²) < 4.78 is 5.73. The highest BCUT2D eigenvalue weighted by Gasteiger charge is 2.50. The molecule has 2 amide bonds. The van der Waals surface area contributed by atoms with Crippen LogP contribution in [0.1, 0.15) is 111 Å². The van der Waals surface area contributed by atoms with Crippen LogP contribution < -0.4 is 0 Å². The Hall–Kier alpha value is -2.32. The standard InChI is InChI=1S/C26H38N2O6/c1-2-3-4-5-6-7-8-9-10-11-12-13-17-22-24(29)21(18-34-22)27-25(30)19-15-14-16-20(28(32)33)23(19)26(27)31/h14-16,21-22,24,29H,2-13,17-18H2,1H3/t21-,22+,24-/m0/s1. The van der Waals surface area contributed by atoms with Gasteiger partial charge in [0.15, 0.2) is 0 Å². The first kappa shape index (κ1) is 26.3. The Morgan fingerprint density at radius 1 is 0.971 bits per heavy atom. The van der Waals surface area contributed by atoms with Crippen molar-refractivity contribution in [3.05, 3.63) is 39.4 Å². The Balaban J connectivity index is 1.37. The molecular weight excluding hydrogens is 436 g/mol. The van der Waals surface area contributed by atoms with E-state index in [2.05, 4.69) is 6.92 Å². The Kier molecular flexibility index (Phi) is 10.0. The van der Waals surface area contributed by atoms with Gasteiger partial charge in [-0.05, 0) is 12.5 Å². The summed E-state index contributed by atoms with van der Waals surface area (Å²) in [5.74, 6) is -1.34. The maximum Gasteiger partial charge on any atom is 0.282 e. The Morgan fingerprint density at radius 2 is 1.56 bits per heavy atom. The molecule has 0 saturated carbocycles. The fourth-order valence-electron chi connectivity index (χ4n) is 5.07. The minimum atomic E-state index is -0.992. The van der Waals surface area contributed by atoms with Crippen LogP contribution in [0.2, 0.25) is 0 Å². The van der Waals surface area contributed by atoms with E-state index in [1.54, 1.807) is 0 Å². The maximum absolute atomic E-state index is 12.9. The van der Waals surface area contributed by atoms with Crippen LogP contribution in [0.3, 0.4) is 0 Å². The van der Waals surface area contributed by atoms with Crippen molar-refractivity contribution < 1.29 is 24.4 Å². The van der Waals surface area contributed by atoms with Crippen LogP contribution in [0.25, 0.3) is 0 Å². The summed E-state index contributed by atoms with van der Waals surface area (Å²) in [5, 5.41) is 22.1. The quantitative estimate of drug-likeness (QED) is 0.157. The third-order valence-electron chi connectivity index (χ3n) is 7.05. The second kappa shape index (κ2) is 13.0. The lowest BCUT2D eigenvalue weighted by molar-refractivity contribution is -0.385. The molecule has 3 rings (SSSR count). The van der Waals surface area contributed by atoms with Gasteiger partial charge in [0.25, 0.3) is 17.5 Å². The number of carbonyl (C=O) groups is 2. The summed E-state index contributed by atoms with van der Waals surface area (Å²) in [5.41, 5.74) is -0.579. The molecule has 188 valence electrons. The molecule has 1 aromatic rings. The summed E-state index contributed by atoms with van der Waals surface area (Å²) in [6.07, 6.45) is 14.2. The van der Waals surface area contributed by atoms with Gasteiger partial charge in [0.05, 0.1) is 29.2 Å². The predicted octanol–water partition coefficient (Wildman–Crippen LogP) is 5.41. The van der Waals surface area contributed by atoms with Crippen LogP contribution in [0.5, 0.6) is 0 Å². The normalized spacial score (nSPS) is 21.9. The molecule has 8 nitrogen and oxygen atoms in total. The summed E-state index contributed by atoms with van der Waals surface area (Å²) >= 11 is 0. The fraction of sp³-hybridized carbons (Fsp3) is 0.692. The molecule has 34 heavy (non-hydrogen) atoms. The van der Waals surface area contributed by atoms with Gasteiger partial charge in [0.2, 0.25) is 0 Å². The van der Waals surface area contributed by atoms with Gasteiger partial charge < -0.3 is 9.84 Å². The van der Waals surface area contributed by atoms with E-state index in [0.29, 0.717) is 6.42 Å². The number of amides is 2. The number of aliphatic hydroxyl groups is 1. The van der Waals surface area contributed by atoms with Crippen LogP contribution in [-0.4, -0.2) is 51.6 Å². The van der Waals surface area contributed by atoms with Crippen molar-refractivity contribution in [3.8, 4) is 0 Å². The van der Waals surface area contributed by atoms with Crippen LogP contribution in [0.4, 0.5) is 5.69 Å². The molecule has 0 spiro atoms. The number of hydrogen-bond acceptors (Lipinski definition) is 6. The minimum Gasteiger partial charge on any atom is -0.388 e. The lowest BCUT2D eigenvalue weighted by Crippen LogP contribution is -2.47. The molecular formula is C26H38N2O6. The second-order valence-corrected chi connectivity index (χ2v) is 9.54. The molecule has 2 aliphatic heterocycles. The van der Waals surface area contributed by atoms with Gasteiger partial charge in [0, 0.05) is 6.07 Å². The van der Waals surface area contributed by atoms with Gasteiger partial charge in [-0.15, -0.1) is 0 Å². The van der Waals surface area contributed by atoms with Crippen LogP contribution in [0.15, 0.2) is 18.2 Å². The second-order valence-electron chi connectivity index (χ2n) is 9.54. The smallest absolute Gasteiger partial charge is 0.282 e. The SMILES string of the molecule is CCCCCCCCCCCCCC[C@H]1OC[C@H](N2C(=O)c3cccc([N+](=O)[O-])c3C2=O)[C@@H]1O. The van der Waals surface area contributed by atoms with E-state index in [4.69, 9.17) is 4.74 Å². The third-order valence-corrected chi connectivity index (χ3v) is 7.05. The Bertz CT molecular complexity index is 858. The largest absolute Gasteiger partial charge is 0.388 e. The van der Waals surface area contributed by atoms with Crippen molar-refractivity contribution >= 4 is 17.5 Å². The number of nitro benzene ring substituents is 1. The molecule has 0 bridgehead atoms. The van der Waals surface area contributed by atoms with E-state index in [1.165, 1.54) is 76.0 Å². The highest BCUT2D eigenvalue weighted by Crippen LogP contribution is 2.35. The molecule has 1 aromatic carbocycles. The molecule has 1 fully saturated rings. The number of ether oxygens (including phenoxy) is 1. The topological polar surface area (TPSA) is 110 Å². The zero-order valence-corrected chi connectivity index (χ0v) is 20.2. The monoisotopic (exact) mass is 474 g/mol. The van der Waals surface area contributed by atoms with Crippen LogP contribution in [-0.2, 0) is 4.74 Å². The molecule has 8 heteroatoms. The molecule has 0 unspecified atom stereocenters. The van der Waals surface area contributed by atoms with E-state index in [0.717, 1.165) is 24.2 Å². The van der Waals surface area contributed by atoms with E-state index in [1.807, 2.05) is 0 Å². The number of fused-ring (bicyclic) bond motifs is 1.